The van der Waals surface area contributed by atoms with Crippen LogP contribution in [0.25, 0.3) is 0 Å². The van der Waals surface area contributed by atoms with E-state index in [2.05, 4.69) is 0 Å². The second-order valence-corrected chi connectivity index (χ2v) is 34.9. The molecule has 4 rings (SSSR count). The maximum atomic E-state index is 14.7. The smallest absolute Gasteiger partial charge is 0.207 e. The molecular weight excluding hydrogens is 2020 g/mol. The van der Waals surface area contributed by atoms with E-state index in [1.807, 2.05) is 0 Å². The molecule has 0 bridgehead atoms. The molecule has 126 heavy (non-hydrogen) atoms. The first-order valence-electron chi connectivity index (χ1n) is 31.9. The fourth-order valence-electron chi connectivity index (χ4n) is 9.49. The molecule has 0 unspecified atom stereocenters. The zero-order valence-corrected chi connectivity index (χ0v) is 64.3. The zero-order valence-electron chi connectivity index (χ0n) is 59.4. The van der Waals surface area contributed by atoms with Crippen molar-refractivity contribution >= 4 is 65.4 Å². The number of hydrogen-bond acceptors (Lipinski definition) is 9. The molecule has 0 fully saturated rings. The molecule has 0 N–H and O–H groups in total. The van der Waals surface area contributed by atoms with Crippen molar-refractivity contribution in [2.45, 2.75) is 192 Å². The van der Waals surface area contributed by atoms with E-state index in [0.29, 0.717) is 85.7 Å². The Kier molecular flexibility index (Phi) is 31.7. The molecule has 726 valence electrons. The Morgan fingerprint density at radius 2 is 0.325 bits per heavy atom. The highest BCUT2D eigenvalue weighted by Gasteiger charge is 2.99. The van der Waals surface area contributed by atoms with Crippen LogP contribution in [0.5, 0.6) is 0 Å². The summed E-state index contributed by atoms with van der Waals surface area (Å²) in [6.07, 6.45) is -28.5. The summed E-state index contributed by atoms with van der Waals surface area (Å²) < 4.78 is 792. The van der Waals surface area contributed by atoms with Gasteiger partial charge in [0, 0.05) is 90.5 Å². The quantitative estimate of drug-likeness (QED) is 0.0319. The molecule has 1 aliphatic rings. The average molecular weight is 2060 g/mol. The molecule has 0 atom stereocenters. The lowest BCUT2D eigenvalue weighted by Gasteiger charge is -2.42. The number of hydrogen-bond donors (Lipinski definition) is 0. The number of nitrogens with zero attached hydrogens (tertiary/aromatic N) is 3. The summed E-state index contributed by atoms with van der Waals surface area (Å²) in [5.74, 6) is -182. The van der Waals surface area contributed by atoms with Gasteiger partial charge in [-0.15, -0.1) is 35.3 Å². The van der Waals surface area contributed by atoms with Crippen molar-refractivity contribution in [3.8, 4) is 0 Å². The van der Waals surface area contributed by atoms with E-state index in [0.717, 1.165) is 36.5 Å². The third-order valence-electron chi connectivity index (χ3n) is 17.2. The van der Waals surface area contributed by atoms with E-state index >= 15 is 0 Å². The number of alkyl halides is 51. The molecule has 0 saturated heterocycles. The monoisotopic (exact) mass is 2060 g/mol. The summed E-state index contributed by atoms with van der Waals surface area (Å²) in [5, 5.41) is 0. The van der Waals surface area contributed by atoms with Crippen molar-refractivity contribution in [2.75, 3.05) is 56.5 Å². The SMILES string of the molecule is O=S(=O)(c1ccc(SCCC(F)(F)C(F)(F)C(F)(F)C(F)(F)C(F)(F)C(F)(F)C(F)(F)C(F)(F)F)cc1)N1C/C=C/CN(S(=O)(=O)c2ccc(SCCC(F)(F)C(F)(F)C(F)(F)C(F)(F)C(F)(F)C(F)(F)C(F)(F)C(F)(F)F)cc2)C/C=C/CN(S(=O)(=O)c2ccc(SCCC(F)(F)C(F)(F)C(F)(F)C(F)(F)C(F)(F)C(F)(F)C(F)(F)C(F)(F)F)cc2)C/C=C/C1. The maximum absolute atomic E-state index is 14.7. The minimum Gasteiger partial charge on any atom is -0.207 e. The predicted octanol–water partition coefficient (Wildman–Crippen LogP) is 23.2. The van der Waals surface area contributed by atoms with Gasteiger partial charge in [-0.1, -0.05) is 36.5 Å². The summed E-state index contributed by atoms with van der Waals surface area (Å²) in [5.41, 5.74) is 0. The summed E-state index contributed by atoms with van der Waals surface area (Å²) in [4.78, 5) is -5.16. The van der Waals surface area contributed by atoms with E-state index in [9.17, 15) is 249 Å². The van der Waals surface area contributed by atoms with E-state index in [-0.39, 0.29) is 35.3 Å². The first kappa shape index (κ1) is 112. The maximum Gasteiger partial charge on any atom is 0.460 e. The van der Waals surface area contributed by atoms with Gasteiger partial charge in [-0.2, -0.15) is 237 Å². The molecular formula is C60H42F51N3O6S6. The predicted molar refractivity (Wildman–Crippen MR) is 331 cm³/mol. The minimum atomic E-state index is -8.97. The summed E-state index contributed by atoms with van der Waals surface area (Å²) in [7, 11) is -15.8. The van der Waals surface area contributed by atoms with Crippen LogP contribution in [-0.4, -0.2) is 238 Å². The van der Waals surface area contributed by atoms with Crippen LogP contribution >= 0.6 is 35.3 Å². The van der Waals surface area contributed by atoms with Crippen LogP contribution in [0.2, 0.25) is 0 Å². The molecule has 3 aromatic carbocycles. The number of thioether (sulfide) groups is 3. The first-order valence-corrected chi connectivity index (χ1v) is 39.2. The van der Waals surface area contributed by atoms with Crippen molar-refractivity contribution < 1.29 is 249 Å². The van der Waals surface area contributed by atoms with Gasteiger partial charge in [-0.05, 0) is 72.8 Å². The highest BCUT2D eigenvalue weighted by Crippen LogP contribution is 2.69. The summed E-state index contributed by atoms with van der Waals surface area (Å²) in [6.45, 7) is -6.41. The Morgan fingerprint density at radius 1 is 0.198 bits per heavy atom. The Hall–Kier alpha value is -5.91. The second-order valence-electron chi connectivity index (χ2n) is 25.5. The summed E-state index contributed by atoms with van der Waals surface area (Å²) >= 11 is -0.934. The normalized spacial score (nSPS) is 18.0. The molecule has 0 spiro atoms. The third-order valence-corrected chi connectivity index (χ3v) is 25.7. The topological polar surface area (TPSA) is 112 Å². The largest absolute Gasteiger partial charge is 0.460 e. The van der Waals surface area contributed by atoms with Gasteiger partial charge in [0.2, 0.25) is 30.1 Å². The van der Waals surface area contributed by atoms with Crippen molar-refractivity contribution in [1.29, 1.82) is 0 Å². The molecule has 3 aromatic rings. The Bertz CT molecular complexity index is 4220. The highest BCUT2D eigenvalue weighted by molar-refractivity contribution is 7.99. The molecule has 0 aliphatic carbocycles. The fraction of sp³-hybridized carbons (Fsp3) is 0.600. The zero-order chi connectivity index (χ0) is 99.0. The third kappa shape index (κ3) is 19.1. The van der Waals surface area contributed by atoms with Gasteiger partial charge in [-0.3, -0.25) is 0 Å². The van der Waals surface area contributed by atoms with Gasteiger partial charge in [-0.25, -0.2) is 25.3 Å². The molecule has 0 saturated carbocycles. The van der Waals surface area contributed by atoms with Crippen molar-refractivity contribution in [3.05, 3.63) is 109 Å². The molecule has 66 heteroatoms. The lowest BCUT2D eigenvalue weighted by molar-refractivity contribution is -0.461. The van der Waals surface area contributed by atoms with Gasteiger partial charge >= 0.3 is 143 Å². The van der Waals surface area contributed by atoms with Gasteiger partial charge in [0.25, 0.3) is 0 Å². The standard InChI is InChI=1S/C60H42F51N3O6S6/c61-37(62,40(67,68)43(73,74)46(79,80)49(85,86)52(91,92)55(97,98)58(103,104)105)19-28-121-31-7-13-34(14-8-31)124(115,116)112-22-1-2-23-113(125(117,118)35-15-9-32(10-16-35)122-29-20-38(63,64)41(69,70)44(75,76)47(81,82)50(87,88)53(93,94)56(99,100)59(106,107)108)25-5-6-27-114(26-4-3-24-112)126(119,120)36-17-11-33(12-18-36)123-30-21-39(65,66)42(71,72)45(77,78)48(83,84)51(89,90)54(95,96)57(101,102)60(109,110)111/h1-18H,19-30H2/b2-1+,4-3+,6-5+. The van der Waals surface area contributed by atoms with Crippen molar-refractivity contribution in [3.63, 3.8) is 0 Å². The van der Waals surface area contributed by atoms with Gasteiger partial charge in [0.05, 0.1) is 14.7 Å². The second kappa shape index (κ2) is 35.6. The fourth-order valence-corrected chi connectivity index (χ4v) is 16.3. The molecule has 0 radical (unpaired) electrons. The van der Waals surface area contributed by atoms with E-state index in [4.69, 9.17) is 0 Å². The average Bonchev–Trinajstić information content (AvgIpc) is 0.702. The summed E-state index contributed by atoms with van der Waals surface area (Å²) in [6, 6.07) is 5.50. The van der Waals surface area contributed by atoms with E-state index < -0.39 is 278 Å². The molecule has 1 heterocycles. The Morgan fingerprint density at radius 3 is 0.460 bits per heavy atom. The van der Waals surface area contributed by atoms with Crippen LogP contribution in [0.4, 0.5) is 224 Å². The number of sulfonamides is 3. The van der Waals surface area contributed by atoms with Gasteiger partial charge < -0.3 is 0 Å². The highest BCUT2D eigenvalue weighted by atomic mass is 32.2. The van der Waals surface area contributed by atoms with E-state index in [1.54, 1.807) is 0 Å². The van der Waals surface area contributed by atoms with E-state index in [1.165, 1.54) is 0 Å². The van der Waals surface area contributed by atoms with Crippen LogP contribution < -0.4 is 0 Å². The van der Waals surface area contributed by atoms with Gasteiger partial charge in [0.15, 0.2) is 0 Å². The van der Waals surface area contributed by atoms with Crippen molar-refractivity contribution in [2.24, 2.45) is 0 Å². The molecule has 1 aliphatic heterocycles. The molecule has 0 aromatic heterocycles. The number of rotatable bonds is 36. The molecule has 9 nitrogen and oxygen atoms in total. The lowest BCUT2D eigenvalue weighted by Crippen LogP contribution is -2.74. The Balaban J connectivity index is 1.73. The van der Waals surface area contributed by atoms with Crippen LogP contribution in [0.3, 0.4) is 0 Å². The Labute approximate surface area is 682 Å². The number of benzene rings is 3. The van der Waals surface area contributed by atoms with Crippen molar-refractivity contribution in [1.82, 2.24) is 12.9 Å². The number of halogens is 51. The van der Waals surface area contributed by atoms with Crippen LogP contribution in [0.1, 0.15) is 19.3 Å². The lowest BCUT2D eigenvalue weighted by atomic mass is 9.88. The van der Waals surface area contributed by atoms with Crippen LogP contribution in [0.15, 0.2) is 139 Å². The first-order chi connectivity index (χ1) is 55.6. The van der Waals surface area contributed by atoms with Crippen LogP contribution in [0, 0.1) is 0 Å². The van der Waals surface area contributed by atoms with Gasteiger partial charge in [0.1, 0.15) is 0 Å². The van der Waals surface area contributed by atoms with Crippen LogP contribution in [-0.2, 0) is 30.1 Å². The minimum absolute atomic E-state index is 0.306. The molecule has 0 amide bonds.